The topological polar surface area (TPSA) is 33.5 Å². The van der Waals surface area contributed by atoms with Crippen molar-refractivity contribution in [2.45, 2.75) is 26.2 Å². The molecule has 6 heteroatoms. The summed E-state index contributed by atoms with van der Waals surface area (Å²) in [6.45, 7) is 8.31. The van der Waals surface area contributed by atoms with Crippen LogP contribution in [0, 0.1) is 18.8 Å². The van der Waals surface area contributed by atoms with Crippen molar-refractivity contribution >= 4 is 44.6 Å². The molecule has 0 fully saturated rings. The number of aromatic nitrogens is 2. The van der Waals surface area contributed by atoms with Gasteiger partial charge in [-0.15, -0.1) is 48.1 Å². The largest absolute Gasteiger partial charge is 0.509 e. The summed E-state index contributed by atoms with van der Waals surface area (Å²) in [5.41, 5.74) is 5.07. The minimum Gasteiger partial charge on any atom is -0.509 e. The zero-order valence-electron chi connectivity index (χ0n) is 41.6. The van der Waals surface area contributed by atoms with Gasteiger partial charge in [0.25, 0.3) is 0 Å². The van der Waals surface area contributed by atoms with Crippen molar-refractivity contribution in [1.82, 2.24) is 9.55 Å². The third-order valence-corrected chi connectivity index (χ3v) is 10.1. The maximum absolute atomic E-state index is 8.99. The average Bonchev–Trinajstić information content (AvgIpc) is 3.87. The van der Waals surface area contributed by atoms with Crippen LogP contribution < -0.4 is 14.5 Å². The third-order valence-electron chi connectivity index (χ3n) is 10.1. The molecule has 58 heavy (non-hydrogen) atoms. The molecule has 0 spiro atoms. The fourth-order valence-corrected chi connectivity index (χ4v) is 7.39. The Morgan fingerprint density at radius 1 is 0.638 bits per heavy atom. The molecular weight excluding hydrogens is 892 g/mol. The molecule has 0 amide bonds. The van der Waals surface area contributed by atoms with Crippen LogP contribution in [0.25, 0.3) is 49.9 Å². The Morgan fingerprint density at radius 3 is 1.97 bits per heavy atom. The average molecular weight is 941 g/mol. The number of rotatable bonds is 7. The first-order chi connectivity index (χ1) is 32.0. The summed E-state index contributed by atoms with van der Waals surface area (Å²) in [6.07, 6.45) is 1.76. The van der Waals surface area contributed by atoms with Gasteiger partial charge in [-0.3, -0.25) is 0 Å². The minimum atomic E-state index is -0.563. The van der Waals surface area contributed by atoms with E-state index >= 15 is 0 Å². The zero-order valence-corrected chi connectivity index (χ0v) is 33.8. The molecule has 0 N–H and O–H groups in total. The molecule has 9 aromatic rings. The van der Waals surface area contributed by atoms with Gasteiger partial charge in [0.15, 0.2) is 0 Å². The van der Waals surface area contributed by atoms with E-state index in [2.05, 4.69) is 55.7 Å². The summed E-state index contributed by atoms with van der Waals surface area (Å²) in [4.78, 5) is 8.28. The van der Waals surface area contributed by atoms with Gasteiger partial charge in [-0.1, -0.05) is 135 Å². The van der Waals surface area contributed by atoms with Gasteiger partial charge < -0.3 is 19.1 Å². The Hall–Kier alpha value is -6.42. The molecule has 1 aliphatic rings. The van der Waals surface area contributed by atoms with Crippen LogP contribution in [0.2, 0.25) is 0 Å². The molecule has 7 aromatic carbocycles. The number of ether oxygens (including phenoxy) is 1. The SMILES string of the molecule is [2H]c1c([2H])c([2H])c(-c2cccc(-c3c([2H])c([2H])c([2H])c([2H])c3[2H])c2N2[CH-]N(c3[c-]c(Oc4[c-]c5c(cc4)c4cc(C(C)(C)C)ccc4n5-c4ccccn4)ccc3)c3ccccc32)c([2H])c1[2H].[Pt]. The van der Waals surface area contributed by atoms with Crippen LogP contribution in [0.3, 0.4) is 0 Å². The Labute approximate surface area is 368 Å². The molecular formula is C52H39N4OPt-3. The van der Waals surface area contributed by atoms with E-state index in [1.807, 2.05) is 71.6 Å². The van der Waals surface area contributed by atoms with Crippen LogP contribution in [-0.2, 0) is 26.5 Å². The number of hydrogen-bond donors (Lipinski definition) is 0. The fraction of sp³-hybridized carbons (Fsp3) is 0.0769. The predicted octanol–water partition coefficient (Wildman–Crippen LogP) is 13.6. The second-order valence-corrected chi connectivity index (χ2v) is 14.6. The number of para-hydroxylation sites is 3. The van der Waals surface area contributed by atoms with Gasteiger partial charge >= 0.3 is 0 Å². The van der Waals surface area contributed by atoms with Crippen molar-refractivity contribution in [3.63, 3.8) is 0 Å². The normalized spacial score (nSPS) is 14.9. The number of fused-ring (bicyclic) bond motifs is 4. The van der Waals surface area contributed by atoms with E-state index in [-0.39, 0.29) is 54.4 Å². The monoisotopic (exact) mass is 940 g/mol. The third kappa shape index (κ3) is 6.66. The molecule has 5 nitrogen and oxygen atoms in total. The zero-order chi connectivity index (χ0) is 47.2. The predicted molar refractivity (Wildman–Crippen MR) is 234 cm³/mol. The maximum atomic E-state index is 8.99. The first kappa shape index (κ1) is 27.3. The maximum Gasteiger partial charge on any atom is 0.135 e. The molecule has 286 valence electrons. The number of benzene rings is 7. The molecule has 0 bridgehead atoms. The summed E-state index contributed by atoms with van der Waals surface area (Å²) in [5, 5.41) is 2.06. The van der Waals surface area contributed by atoms with Crippen molar-refractivity contribution in [3.8, 4) is 39.6 Å². The van der Waals surface area contributed by atoms with E-state index in [1.54, 1.807) is 42.0 Å². The van der Waals surface area contributed by atoms with Crippen molar-refractivity contribution in [2.24, 2.45) is 0 Å². The van der Waals surface area contributed by atoms with E-state index in [1.165, 1.54) is 5.56 Å². The van der Waals surface area contributed by atoms with Crippen LogP contribution in [0.1, 0.15) is 40.0 Å². The standard InChI is InChI=1S/C52H39N4O.Pt/c1-52(2,3)38-27-30-46-45(32-38)44-29-28-41(34-49(44)56(46)50-26-12-13-31-53-50)57-40-21-14-20-39(33-40)54-35-55(48-25-11-10-24-47(48)54)51-42(36-16-6-4-7-17-36)22-15-23-43(51)37-18-8-5-9-19-37;/h4-32,35H,1-3H3;/q-3;/i4D,5D,6D,7D,8D,9D,16D,17D,18D,19D;. The van der Waals surface area contributed by atoms with Crippen LogP contribution in [0.5, 0.6) is 11.5 Å². The summed E-state index contributed by atoms with van der Waals surface area (Å²) in [5.74, 6) is 1.57. The molecule has 0 radical (unpaired) electrons. The van der Waals surface area contributed by atoms with Crippen LogP contribution in [-0.4, -0.2) is 9.55 Å². The first-order valence-corrected chi connectivity index (χ1v) is 18.5. The van der Waals surface area contributed by atoms with Crippen molar-refractivity contribution in [2.75, 3.05) is 9.80 Å². The van der Waals surface area contributed by atoms with E-state index in [9.17, 15) is 0 Å². The summed E-state index contributed by atoms with van der Waals surface area (Å²) >= 11 is 0. The number of pyridine rings is 1. The van der Waals surface area contributed by atoms with Crippen LogP contribution in [0.15, 0.2) is 176 Å². The molecule has 3 heterocycles. The van der Waals surface area contributed by atoms with Crippen molar-refractivity contribution < 1.29 is 39.5 Å². The smallest absolute Gasteiger partial charge is 0.135 e. The van der Waals surface area contributed by atoms with Crippen LogP contribution >= 0.6 is 0 Å². The van der Waals surface area contributed by atoms with Gasteiger partial charge in [0.05, 0.1) is 13.7 Å². The Kier molecular flexibility index (Phi) is 7.12. The molecule has 1 aliphatic heterocycles. The number of anilines is 4. The summed E-state index contributed by atoms with van der Waals surface area (Å²) in [6, 6.07) is 35.6. The molecule has 0 saturated carbocycles. The Morgan fingerprint density at radius 2 is 1.29 bits per heavy atom. The van der Waals surface area contributed by atoms with Crippen molar-refractivity contribution in [1.29, 1.82) is 0 Å². The first-order valence-electron chi connectivity index (χ1n) is 23.5. The Bertz CT molecular complexity index is 3360. The molecule has 2 aromatic heterocycles. The van der Waals surface area contributed by atoms with Gasteiger partial charge in [-0.25, -0.2) is 4.98 Å². The van der Waals surface area contributed by atoms with Gasteiger partial charge in [-0.05, 0) is 57.8 Å². The second kappa shape index (κ2) is 15.2. The summed E-state index contributed by atoms with van der Waals surface area (Å²) < 4.78 is 95.4. The van der Waals surface area contributed by atoms with E-state index < -0.39 is 60.4 Å². The summed E-state index contributed by atoms with van der Waals surface area (Å²) in [7, 11) is 0. The molecule has 0 unspecified atom stereocenters. The van der Waals surface area contributed by atoms with Gasteiger partial charge in [-0.2, -0.15) is 12.1 Å². The van der Waals surface area contributed by atoms with E-state index in [4.69, 9.17) is 23.4 Å². The molecule has 0 atom stereocenters. The second-order valence-electron chi connectivity index (χ2n) is 14.6. The molecule has 10 rings (SSSR count). The van der Waals surface area contributed by atoms with Crippen molar-refractivity contribution in [3.05, 3.63) is 200 Å². The fourth-order valence-electron chi connectivity index (χ4n) is 7.39. The Balaban J connectivity index is 0.00000578. The number of hydrogen-bond acceptors (Lipinski definition) is 4. The van der Waals surface area contributed by atoms with Gasteiger partial charge in [0, 0.05) is 72.5 Å². The molecule has 0 aliphatic carbocycles. The van der Waals surface area contributed by atoms with Gasteiger partial charge in [0.2, 0.25) is 0 Å². The van der Waals surface area contributed by atoms with E-state index in [0.717, 1.165) is 27.6 Å². The quantitative estimate of drug-likeness (QED) is 0.149. The van der Waals surface area contributed by atoms with Gasteiger partial charge in [0.1, 0.15) is 5.82 Å². The minimum absolute atomic E-state index is 0. The van der Waals surface area contributed by atoms with E-state index in [0.29, 0.717) is 28.6 Å². The molecule has 0 saturated heterocycles. The number of nitrogens with zero attached hydrogens (tertiary/aromatic N) is 4. The van der Waals surface area contributed by atoms with Crippen LogP contribution in [0.4, 0.5) is 22.7 Å².